The standard InChI is InChI=1S/C20H22F3N3O/c21-20(22,23)15-6-2-4-8-17(15)25-9-11-26(12-10-25)19-13-18(27)14-5-1-3-7-16(14)24-19/h2,4,6,8H,1,3,5,7,9-13H2. The van der Waals surface area contributed by atoms with Crippen molar-refractivity contribution < 1.29 is 18.0 Å². The third kappa shape index (κ3) is 3.59. The fourth-order valence-electron chi connectivity index (χ4n) is 4.14. The Morgan fingerprint density at radius 1 is 0.926 bits per heavy atom. The molecule has 2 heterocycles. The highest BCUT2D eigenvalue weighted by molar-refractivity contribution is 6.11. The number of benzene rings is 1. The van der Waals surface area contributed by atoms with Gasteiger partial charge in [0.1, 0.15) is 5.84 Å². The number of hydrogen-bond donors (Lipinski definition) is 0. The van der Waals surface area contributed by atoms with Crippen molar-refractivity contribution >= 4 is 17.3 Å². The quantitative estimate of drug-likeness (QED) is 0.741. The smallest absolute Gasteiger partial charge is 0.367 e. The van der Waals surface area contributed by atoms with E-state index < -0.39 is 11.7 Å². The predicted molar refractivity (Wildman–Crippen MR) is 97.8 cm³/mol. The van der Waals surface area contributed by atoms with E-state index in [1.807, 2.05) is 0 Å². The molecule has 0 amide bonds. The molecule has 2 aliphatic heterocycles. The van der Waals surface area contributed by atoms with Crippen LogP contribution in [0.2, 0.25) is 0 Å². The molecule has 27 heavy (non-hydrogen) atoms. The summed E-state index contributed by atoms with van der Waals surface area (Å²) in [5, 5.41) is 0. The number of anilines is 1. The number of para-hydroxylation sites is 1. The lowest BCUT2D eigenvalue weighted by Gasteiger charge is -2.39. The van der Waals surface area contributed by atoms with E-state index in [-0.39, 0.29) is 11.5 Å². The molecule has 0 atom stereocenters. The molecule has 0 aromatic heterocycles. The Hall–Kier alpha value is -2.31. The largest absolute Gasteiger partial charge is 0.418 e. The molecule has 0 unspecified atom stereocenters. The molecule has 1 saturated heterocycles. The molecular formula is C20H22F3N3O. The van der Waals surface area contributed by atoms with E-state index in [2.05, 4.69) is 4.90 Å². The number of Topliss-reactive ketones (excluding diaryl/α,β-unsaturated/α-hetero) is 1. The highest BCUT2D eigenvalue weighted by Gasteiger charge is 2.35. The van der Waals surface area contributed by atoms with Crippen molar-refractivity contribution in [2.75, 3.05) is 31.1 Å². The maximum absolute atomic E-state index is 13.3. The number of nitrogens with zero attached hydrogens (tertiary/aromatic N) is 3. The Morgan fingerprint density at radius 2 is 1.59 bits per heavy atom. The van der Waals surface area contributed by atoms with Crippen LogP contribution < -0.4 is 4.90 Å². The predicted octanol–water partition coefficient (Wildman–Crippen LogP) is 4.03. The van der Waals surface area contributed by atoms with Crippen LogP contribution in [0.3, 0.4) is 0 Å². The second-order valence-electron chi connectivity index (χ2n) is 7.25. The van der Waals surface area contributed by atoms with Crippen LogP contribution in [-0.4, -0.2) is 42.7 Å². The van der Waals surface area contributed by atoms with Gasteiger partial charge < -0.3 is 9.80 Å². The molecule has 144 valence electrons. The normalized spacial score (nSPS) is 21.3. The van der Waals surface area contributed by atoms with Crippen molar-refractivity contribution in [1.82, 2.24) is 4.90 Å². The van der Waals surface area contributed by atoms with Gasteiger partial charge in [0.25, 0.3) is 0 Å². The molecule has 1 aromatic rings. The van der Waals surface area contributed by atoms with Gasteiger partial charge in [-0.2, -0.15) is 13.2 Å². The van der Waals surface area contributed by atoms with Gasteiger partial charge in [0.15, 0.2) is 5.78 Å². The van der Waals surface area contributed by atoms with Crippen molar-refractivity contribution in [3.05, 3.63) is 41.1 Å². The van der Waals surface area contributed by atoms with Gasteiger partial charge in [-0.25, -0.2) is 4.99 Å². The fourth-order valence-corrected chi connectivity index (χ4v) is 4.14. The van der Waals surface area contributed by atoms with Crippen molar-refractivity contribution in [3.63, 3.8) is 0 Å². The lowest BCUT2D eigenvalue weighted by atomic mass is 9.90. The number of allylic oxidation sites excluding steroid dienone is 2. The van der Waals surface area contributed by atoms with Crippen LogP contribution in [-0.2, 0) is 11.0 Å². The first kappa shape index (κ1) is 18.1. The maximum atomic E-state index is 13.3. The van der Waals surface area contributed by atoms with Gasteiger partial charge in [-0.05, 0) is 37.8 Å². The average molecular weight is 377 g/mol. The van der Waals surface area contributed by atoms with Gasteiger partial charge in [-0.15, -0.1) is 0 Å². The number of rotatable bonds is 1. The van der Waals surface area contributed by atoms with Gasteiger partial charge in [-0.3, -0.25) is 4.79 Å². The second-order valence-corrected chi connectivity index (χ2v) is 7.25. The topological polar surface area (TPSA) is 35.9 Å². The molecule has 0 bridgehead atoms. The molecule has 0 radical (unpaired) electrons. The molecule has 4 rings (SSSR count). The van der Waals surface area contributed by atoms with Crippen molar-refractivity contribution in [2.24, 2.45) is 4.99 Å². The zero-order valence-electron chi connectivity index (χ0n) is 15.1. The van der Waals surface area contributed by atoms with Gasteiger partial charge >= 0.3 is 6.18 Å². The minimum absolute atomic E-state index is 0.166. The molecular weight excluding hydrogens is 355 g/mol. The van der Waals surface area contributed by atoms with Crippen molar-refractivity contribution in [3.8, 4) is 0 Å². The summed E-state index contributed by atoms with van der Waals surface area (Å²) in [6.07, 6.45) is -0.260. The fraction of sp³-hybridized carbons (Fsp3) is 0.500. The van der Waals surface area contributed by atoms with Crippen LogP contribution in [0.4, 0.5) is 18.9 Å². The van der Waals surface area contributed by atoms with Crippen LogP contribution in [0.15, 0.2) is 40.5 Å². The zero-order chi connectivity index (χ0) is 19.0. The van der Waals surface area contributed by atoms with Crippen LogP contribution in [0.5, 0.6) is 0 Å². The Labute approximate surface area is 156 Å². The number of piperazine rings is 1. The number of halogens is 3. The van der Waals surface area contributed by atoms with Crippen molar-refractivity contribution in [1.29, 1.82) is 0 Å². The SMILES string of the molecule is O=C1CC(N2CCN(c3ccccc3C(F)(F)F)CC2)=NC2=C1CCCC2. The Morgan fingerprint density at radius 3 is 2.33 bits per heavy atom. The first-order valence-electron chi connectivity index (χ1n) is 9.42. The zero-order valence-corrected chi connectivity index (χ0v) is 15.1. The summed E-state index contributed by atoms with van der Waals surface area (Å²) in [6.45, 7) is 2.10. The number of aliphatic imine (C=N–C) groups is 1. The first-order chi connectivity index (χ1) is 12.9. The van der Waals surface area contributed by atoms with Gasteiger partial charge in [0.05, 0.1) is 12.0 Å². The van der Waals surface area contributed by atoms with E-state index >= 15 is 0 Å². The lowest BCUT2D eigenvalue weighted by molar-refractivity contribution is -0.137. The summed E-state index contributed by atoms with van der Waals surface area (Å²) in [5.74, 6) is 0.948. The minimum Gasteiger partial charge on any atom is -0.367 e. The molecule has 7 heteroatoms. The maximum Gasteiger partial charge on any atom is 0.418 e. The lowest BCUT2D eigenvalue weighted by Crippen LogP contribution is -2.50. The van der Waals surface area contributed by atoms with Crippen LogP contribution in [0.25, 0.3) is 0 Å². The van der Waals surface area contributed by atoms with Crippen LogP contribution in [0.1, 0.15) is 37.7 Å². The molecule has 4 nitrogen and oxygen atoms in total. The summed E-state index contributed by atoms with van der Waals surface area (Å²) >= 11 is 0. The molecule has 0 N–H and O–H groups in total. The first-order valence-corrected chi connectivity index (χ1v) is 9.42. The van der Waals surface area contributed by atoms with E-state index in [0.717, 1.165) is 48.9 Å². The highest BCUT2D eigenvalue weighted by atomic mass is 19.4. The van der Waals surface area contributed by atoms with E-state index in [1.54, 1.807) is 11.0 Å². The summed E-state index contributed by atoms with van der Waals surface area (Å²) in [6, 6.07) is 5.71. The second kappa shape index (κ2) is 7.02. The number of carbonyl (C=O) groups excluding carboxylic acids is 1. The van der Waals surface area contributed by atoms with Gasteiger partial charge in [-0.1, -0.05) is 12.1 Å². The number of amidine groups is 1. The van der Waals surface area contributed by atoms with Crippen molar-refractivity contribution in [2.45, 2.75) is 38.3 Å². The number of hydrogen-bond acceptors (Lipinski definition) is 4. The number of alkyl halides is 3. The Kier molecular flexibility index (Phi) is 4.70. The molecule has 3 aliphatic rings. The van der Waals surface area contributed by atoms with E-state index in [0.29, 0.717) is 32.6 Å². The molecule has 1 fully saturated rings. The van der Waals surface area contributed by atoms with Crippen LogP contribution in [0, 0.1) is 0 Å². The third-order valence-electron chi connectivity index (χ3n) is 5.55. The van der Waals surface area contributed by atoms with E-state index in [9.17, 15) is 18.0 Å². The Bertz CT molecular complexity index is 805. The summed E-state index contributed by atoms with van der Waals surface area (Å²) in [4.78, 5) is 21.0. The summed E-state index contributed by atoms with van der Waals surface area (Å²) in [5.41, 5.74) is 1.45. The Balaban J connectivity index is 1.48. The van der Waals surface area contributed by atoms with Gasteiger partial charge in [0.2, 0.25) is 0 Å². The number of ketones is 1. The van der Waals surface area contributed by atoms with E-state index in [1.165, 1.54) is 12.1 Å². The highest BCUT2D eigenvalue weighted by Crippen LogP contribution is 2.37. The molecule has 1 aromatic carbocycles. The third-order valence-corrected chi connectivity index (χ3v) is 5.55. The monoisotopic (exact) mass is 377 g/mol. The summed E-state index contributed by atoms with van der Waals surface area (Å²) < 4.78 is 39.8. The van der Waals surface area contributed by atoms with E-state index in [4.69, 9.17) is 4.99 Å². The molecule has 1 aliphatic carbocycles. The van der Waals surface area contributed by atoms with Gasteiger partial charge in [0, 0.05) is 43.1 Å². The van der Waals surface area contributed by atoms with Crippen LogP contribution >= 0.6 is 0 Å². The molecule has 0 saturated carbocycles. The minimum atomic E-state index is -4.36. The average Bonchev–Trinajstić information content (AvgIpc) is 2.67. The molecule has 0 spiro atoms. The number of carbonyl (C=O) groups is 1. The summed E-state index contributed by atoms with van der Waals surface area (Å²) in [7, 11) is 0.